The van der Waals surface area contributed by atoms with Crippen LogP contribution in [0.3, 0.4) is 0 Å². The monoisotopic (exact) mass is 326 g/mol. The van der Waals surface area contributed by atoms with Gasteiger partial charge in [0.25, 0.3) is 0 Å². The van der Waals surface area contributed by atoms with Gasteiger partial charge >= 0.3 is 0 Å². The highest BCUT2D eigenvalue weighted by Crippen LogP contribution is 2.29. The molecular formula is C20H23FN2O. The zero-order valence-electron chi connectivity index (χ0n) is 13.9. The third-order valence-corrected chi connectivity index (χ3v) is 4.25. The number of rotatable bonds is 7. The predicted octanol–water partition coefficient (Wildman–Crippen LogP) is 4.38. The molecule has 0 spiro atoms. The van der Waals surface area contributed by atoms with E-state index in [1.165, 1.54) is 11.6 Å². The molecule has 0 bridgehead atoms. The van der Waals surface area contributed by atoms with Crippen LogP contribution >= 0.6 is 0 Å². The van der Waals surface area contributed by atoms with Gasteiger partial charge in [-0.15, -0.1) is 0 Å². The van der Waals surface area contributed by atoms with Crippen LogP contribution in [0.5, 0.6) is 5.75 Å². The van der Waals surface area contributed by atoms with Gasteiger partial charge in [-0.1, -0.05) is 19.1 Å². The predicted molar refractivity (Wildman–Crippen MR) is 96.0 cm³/mol. The molecule has 1 heterocycles. The summed E-state index contributed by atoms with van der Waals surface area (Å²) in [5.74, 6) is 0.783. The van der Waals surface area contributed by atoms with Crippen molar-refractivity contribution < 1.29 is 9.13 Å². The molecule has 0 amide bonds. The van der Waals surface area contributed by atoms with E-state index in [-0.39, 0.29) is 11.7 Å². The van der Waals surface area contributed by atoms with E-state index in [1.54, 1.807) is 12.1 Å². The third kappa shape index (κ3) is 3.60. The largest absolute Gasteiger partial charge is 0.494 e. The third-order valence-electron chi connectivity index (χ3n) is 4.25. The fourth-order valence-electron chi connectivity index (χ4n) is 3.04. The van der Waals surface area contributed by atoms with Crippen LogP contribution in [-0.2, 0) is 6.42 Å². The van der Waals surface area contributed by atoms with Gasteiger partial charge in [0.1, 0.15) is 11.6 Å². The van der Waals surface area contributed by atoms with E-state index in [9.17, 15) is 4.39 Å². The number of aromatic amines is 1. The van der Waals surface area contributed by atoms with Crippen molar-refractivity contribution in [2.24, 2.45) is 5.73 Å². The Morgan fingerprint density at radius 1 is 1.21 bits per heavy atom. The maximum Gasteiger partial charge on any atom is 0.123 e. The molecule has 3 rings (SSSR count). The Kier molecular flexibility index (Phi) is 5.16. The van der Waals surface area contributed by atoms with Crippen LogP contribution < -0.4 is 10.5 Å². The first kappa shape index (κ1) is 16.5. The average Bonchev–Trinajstić information content (AvgIpc) is 3.01. The van der Waals surface area contributed by atoms with E-state index in [4.69, 9.17) is 10.5 Å². The lowest BCUT2D eigenvalue weighted by atomic mass is 9.91. The lowest BCUT2D eigenvalue weighted by molar-refractivity contribution is 0.317. The number of hydrogen-bond acceptors (Lipinski definition) is 2. The molecule has 3 N–H and O–H groups in total. The number of ether oxygens (including phenoxy) is 1. The number of fused-ring (bicyclic) bond motifs is 1. The normalized spacial score (nSPS) is 12.5. The van der Waals surface area contributed by atoms with Gasteiger partial charge in [-0.3, -0.25) is 0 Å². The standard InChI is InChI=1S/C20H23FN2O/c1-2-8-24-17-5-3-4-14(10-17)9-15(12-22)19-13-23-20-7-6-16(21)11-18(19)20/h3-7,10-11,13,15,23H,2,8-9,12,22H2,1H3. The van der Waals surface area contributed by atoms with Crippen molar-refractivity contribution in [3.05, 3.63) is 65.6 Å². The van der Waals surface area contributed by atoms with Crippen molar-refractivity contribution in [1.29, 1.82) is 0 Å². The second kappa shape index (κ2) is 7.49. The topological polar surface area (TPSA) is 51.0 Å². The molecule has 0 aliphatic carbocycles. The molecule has 1 unspecified atom stereocenters. The minimum atomic E-state index is -0.228. The Morgan fingerprint density at radius 2 is 2.08 bits per heavy atom. The number of nitrogens with one attached hydrogen (secondary N) is 1. The molecule has 4 heteroatoms. The van der Waals surface area contributed by atoms with E-state index < -0.39 is 0 Å². The minimum absolute atomic E-state index is 0.127. The van der Waals surface area contributed by atoms with Crippen LogP contribution in [0.4, 0.5) is 4.39 Å². The molecule has 0 saturated carbocycles. The molecule has 0 aliphatic heterocycles. The Labute approximate surface area is 141 Å². The zero-order chi connectivity index (χ0) is 16.9. The number of halogens is 1. The maximum absolute atomic E-state index is 13.6. The molecule has 3 aromatic rings. The molecule has 0 aliphatic rings. The van der Waals surface area contributed by atoms with Gasteiger partial charge in [-0.05, 0) is 60.8 Å². The molecule has 1 aromatic heterocycles. The summed E-state index contributed by atoms with van der Waals surface area (Å²) in [6, 6.07) is 12.9. The van der Waals surface area contributed by atoms with Crippen LogP contribution in [-0.4, -0.2) is 18.1 Å². The first-order valence-corrected chi connectivity index (χ1v) is 8.39. The number of H-pyrrole nitrogens is 1. The van der Waals surface area contributed by atoms with Crippen LogP contribution in [0.25, 0.3) is 10.9 Å². The fraction of sp³-hybridized carbons (Fsp3) is 0.300. The molecule has 0 radical (unpaired) electrons. The van der Waals surface area contributed by atoms with E-state index >= 15 is 0 Å². The van der Waals surface area contributed by atoms with E-state index in [0.717, 1.165) is 35.1 Å². The Bertz CT molecular complexity index is 812. The Morgan fingerprint density at radius 3 is 2.88 bits per heavy atom. The summed E-state index contributed by atoms with van der Waals surface area (Å²) < 4.78 is 19.3. The molecule has 2 aromatic carbocycles. The smallest absolute Gasteiger partial charge is 0.123 e. The van der Waals surface area contributed by atoms with Crippen molar-refractivity contribution in [3.8, 4) is 5.75 Å². The fourth-order valence-corrected chi connectivity index (χ4v) is 3.04. The summed E-state index contributed by atoms with van der Waals surface area (Å²) >= 11 is 0. The van der Waals surface area contributed by atoms with Gasteiger partial charge < -0.3 is 15.5 Å². The van der Waals surface area contributed by atoms with E-state index in [0.29, 0.717) is 13.2 Å². The quantitative estimate of drug-likeness (QED) is 0.677. The van der Waals surface area contributed by atoms with Crippen molar-refractivity contribution in [2.75, 3.05) is 13.2 Å². The summed E-state index contributed by atoms with van der Waals surface area (Å²) in [4.78, 5) is 3.21. The van der Waals surface area contributed by atoms with Gasteiger partial charge in [-0.2, -0.15) is 0 Å². The Balaban J connectivity index is 1.85. The van der Waals surface area contributed by atoms with E-state index in [1.807, 2.05) is 18.3 Å². The molecule has 1 atom stereocenters. The molecule has 3 nitrogen and oxygen atoms in total. The first-order valence-electron chi connectivity index (χ1n) is 8.39. The van der Waals surface area contributed by atoms with Gasteiger partial charge in [0, 0.05) is 23.0 Å². The minimum Gasteiger partial charge on any atom is -0.494 e. The summed E-state index contributed by atoms with van der Waals surface area (Å²) in [5.41, 5.74) is 9.19. The van der Waals surface area contributed by atoms with Gasteiger partial charge in [0.05, 0.1) is 6.61 Å². The second-order valence-electron chi connectivity index (χ2n) is 6.07. The van der Waals surface area contributed by atoms with Gasteiger partial charge in [-0.25, -0.2) is 4.39 Å². The summed E-state index contributed by atoms with van der Waals surface area (Å²) in [6.45, 7) is 3.31. The van der Waals surface area contributed by atoms with Crippen molar-refractivity contribution in [2.45, 2.75) is 25.7 Å². The molecular weight excluding hydrogens is 303 g/mol. The van der Waals surface area contributed by atoms with Gasteiger partial charge in [0.15, 0.2) is 0 Å². The lowest BCUT2D eigenvalue weighted by Crippen LogP contribution is -2.15. The summed E-state index contributed by atoms with van der Waals surface area (Å²) in [6.07, 6.45) is 3.72. The number of nitrogens with two attached hydrogens (primary N) is 1. The lowest BCUT2D eigenvalue weighted by Gasteiger charge is -2.15. The van der Waals surface area contributed by atoms with E-state index in [2.05, 4.69) is 24.0 Å². The SMILES string of the molecule is CCCOc1cccc(CC(CN)c2c[nH]c3ccc(F)cc23)c1. The van der Waals surface area contributed by atoms with Crippen LogP contribution in [0.2, 0.25) is 0 Å². The molecule has 24 heavy (non-hydrogen) atoms. The second-order valence-corrected chi connectivity index (χ2v) is 6.07. The van der Waals surface area contributed by atoms with Crippen LogP contribution in [0.1, 0.15) is 30.4 Å². The van der Waals surface area contributed by atoms with Crippen molar-refractivity contribution in [1.82, 2.24) is 4.98 Å². The Hall–Kier alpha value is -2.33. The van der Waals surface area contributed by atoms with Crippen LogP contribution in [0.15, 0.2) is 48.7 Å². The van der Waals surface area contributed by atoms with Gasteiger partial charge in [0.2, 0.25) is 0 Å². The summed E-state index contributed by atoms with van der Waals surface area (Å²) in [5, 5.41) is 0.906. The maximum atomic E-state index is 13.6. The number of benzene rings is 2. The first-order chi connectivity index (χ1) is 11.7. The number of hydrogen-bond donors (Lipinski definition) is 2. The molecule has 126 valence electrons. The van der Waals surface area contributed by atoms with Crippen molar-refractivity contribution >= 4 is 10.9 Å². The average molecular weight is 326 g/mol. The highest BCUT2D eigenvalue weighted by molar-refractivity contribution is 5.83. The van der Waals surface area contributed by atoms with Crippen LogP contribution in [0, 0.1) is 5.82 Å². The highest BCUT2D eigenvalue weighted by Gasteiger charge is 2.16. The molecule has 0 fully saturated rings. The summed E-state index contributed by atoms with van der Waals surface area (Å²) in [7, 11) is 0. The van der Waals surface area contributed by atoms with Crippen molar-refractivity contribution in [3.63, 3.8) is 0 Å². The highest BCUT2D eigenvalue weighted by atomic mass is 19.1. The molecule has 0 saturated heterocycles. The number of aromatic nitrogens is 1. The zero-order valence-corrected chi connectivity index (χ0v) is 13.9.